The van der Waals surface area contributed by atoms with Crippen LogP contribution in [0.5, 0.6) is 0 Å². The van der Waals surface area contributed by atoms with E-state index in [2.05, 4.69) is 10.3 Å². The SMILES string of the molecule is Fc1cc(F)c(NCc2nc3ccccc3s2)cc1F. The van der Waals surface area contributed by atoms with E-state index in [9.17, 15) is 13.2 Å². The van der Waals surface area contributed by atoms with Crippen molar-refractivity contribution >= 4 is 27.2 Å². The van der Waals surface area contributed by atoms with E-state index >= 15 is 0 Å². The predicted octanol–water partition coefficient (Wildman–Crippen LogP) is 4.33. The van der Waals surface area contributed by atoms with Crippen molar-refractivity contribution in [2.45, 2.75) is 6.54 Å². The van der Waals surface area contributed by atoms with Gasteiger partial charge in [-0.15, -0.1) is 11.3 Å². The van der Waals surface area contributed by atoms with Crippen molar-refractivity contribution < 1.29 is 13.2 Å². The third-order valence-corrected chi connectivity index (χ3v) is 3.81. The Labute approximate surface area is 116 Å². The molecule has 0 fully saturated rings. The number of para-hydroxylation sites is 1. The van der Waals surface area contributed by atoms with Crippen LogP contribution in [0.2, 0.25) is 0 Å². The topological polar surface area (TPSA) is 24.9 Å². The maximum Gasteiger partial charge on any atom is 0.161 e. The van der Waals surface area contributed by atoms with E-state index in [1.54, 1.807) is 0 Å². The summed E-state index contributed by atoms with van der Waals surface area (Å²) >= 11 is 1.47. The van der Waals surface area contributed by atoms with Gasteiger partial charge in [0.15, 0.2) is 11.6 Å². The second-order valence-corrected chi connectivity index (χ2v) is 5.29. The number of aromatic nitrogens is 1. The molecule has 2 aromatic carbocycles. The van der Waals surface area contributed by atoms with Gasteiger partial charge < -0.3 is 5.32 Å². The number of fused-ring (bicyclic) bond motifs is 1. The van der Waals surface area contributed by atoms with Crippen LogP contribution in [0.1, 0.15) is 5.01 Å². The molecule has 0 unspecified atom stereocenters. The van der Waals surface area contributed by atoms with Gasteiger partial charge in [-0.2, -0.15) is 0 Å². The smallest absolute Gasteiger partial charge is 0.161 e. The summed E-state index contributed by atoms with van der Waals surface area (Å²) in [4.78, 5) is 4.36. The zero-order chi connectivity index (χ0) is 14.1. The van der Waals surface area contributed by atoms with E-state index in [0.717, 1.165) is 21.3 Å². The van der Waals surface area contributed by atoms with E-state index in [-0.39, 0.29) is 12.2 Å². The highest BCUT2D eigenvalue weighted by molar-refractivity contribution is 7.18. The molecule has 1 heterocycles. The molecule has 3 aromatic rings. The largest absolute Gasteiger partial charge is 0.376 e. The molecular formula is C14H9F3N2S. The number of nitrogens with zero attached hydrogens (tertiary/aromatic N) is 1. The van der Waals surface area contributed by atoms with Gasteiger partial charge in [0.05, 0.1) is 22.4 Å². The molecule has 0 spiro atoms. The summed E-state index contributed by atoms with van der Waals surface area (Å²) in [5.74, 6) is -3.11. The average molecular weight is 294 g/mol. The van der Waals surface area contributed by atoms with E-state index in [1.165, 1.54) is 11.3 Å². The maximum atomic E-state index is 13.5. The Hall–Kier alpha value is -2.08. The van der Waals surface area contributed by atoms with Crippen molar-refractivity contribution in [3.8, 4) is 0 Å². The average Bonchev–Trinajstić information content (AvgIpc) is 2.84. The second-order valence-electron chi connectivity index (χ2n) is 4.18. The van der Waals surface area contributed by atoms with Gasteiger partial charge in [-0.05, 0) is 12.1 Å². The molecule has 0 saturated heterocycles. The Bertz CT molecular complexity index is 737. The van der Waals surface area contributed by atoms with E-state index in [1.807, 2.05) is 24.3 Å². The van der Waals surface area contributed by atoms with Crippen LogP contribution >= 0.6 is 11.3 Å². The standard InChI is InChI=1S/C14H9F3N2S/c15-8-5-10(17)12(6-9(8)16)18-7-14-19-11-3-1-2-4-13(11)20-14/h1-6,18H,7H2. The number of benzene rings is 2. The van der Waals surface area contributed by atoms with Crippen LogP contribution in [0.25, 0.3) is 10.2 Å². The molecule has 1 N–H and O–H groups in total. The fourth-order valence-electron chi connectivity index (χ4n) is 1.82. The van der Waals surface area contributed by atoms with E-state index in [4.69, 9.17) is 0 Å². The number of hydrogen-bond acceptors (Lipinski definition) is 3. The lowest BCUT2D eigenvalue weighted by Crippen LogP contribution is -2.02. The van der Waals surface area contributed by atoms with Gasteiger partial charge in [0.25, 0.3) is 0 Å². The summed E-state index contributed by atoms with van der Waals surface area (Å²) < 4.78 is 40.3. The third-order valence-electron chi connectivity index (χ3n) is 2.78. The van der Waals surface area contributed by atoms with Gasteiger partial charge in [-0.1, -0.05) is 12.1 Å². The summed E-state index contributed by atoms with van der Waals surface area (Å²) in [5, 5.41) is 3.47. The summed E-state index contributed by atoms with van der Waals surface area (Å²) in [7, 11) is 0. The first-order valence-corrected chi connectivity index (χ1v) is 6.68. The summed E-state index contributed by atoms with van der Waals surface area (Å²) in [5.41, 5.74) is 0.781. The number of anilines is 1. The summed E-state index contributed by atoms with van der Waals surface area (Å²) in [6.45, 7) is 0.251. The molecule has 0 saturated carbocycles. The van der Waals surface area contributed by atoms with Crippen molar-refractivity contribution in [2.75, 3.05) is 5.32 Å². The van der Waals surface area contributed by atoms with Crippen LogP contribution in [0.3, 0.4) is 0 Å². The van der Waals surface area contributed by atoms with Gasteiger partial charge in [-0.3, -0.25) is 0 Å². The number of nitrogens with one attached hydrogen (secondary N) is 1. The van der Waals surface area contributed by atoms with Crippen LogP contribution in [0, 0.1) is 17.5 Å². The summed E-state index contributed by atoms with van der Waals surface area (Å²) in [6, 6.07) is 8.94. The Morgan fingerprint density at radius 3 is 2.55 bits per heavy atom. The van der Waals surface area contributed by atoms with Crippen LogP contribution in [0.4, 0.5) is 18.9 Å². The van der Waals surface area contributed by atoms with Gasteiger partial charge in [0, 0.05) is 12.1 Å². The molecule has 3 rings (SSSR count). The first-order chi connectivity index (χ1) is 9.63. The third kappa shape index (κ3) is 2.46. The van der Waals surface area contributed by atoms with Gasteiger partial charge >= 0.3 is 0 Å². The lowest BCUT2D eigenvalue weighted by molar-refractivity contribution is 0.496. The molecular weight excluding hydrogens is 285 g/mol. The van der Waals surface area contributed by atoms with E-state index < -0.39 is 17.5 Å². The molecule has 0 aliphatic heterocycles. The van der Waals surface area contributed by atoms with Crippen molar-refractivity contribution in [1.29, 1.82) is 0 Å². The molecule has 0 bridgehead atoms. The Balaban J connectivity index is 1.81. The Morgan fingerprint density at radius 2 is 1.75 bits per heavy atom. The van der Waals surface area contributed by atoms with Crippen LogP contribution in [-0.4, -0.2) is 4.98 Å². The van der Waals surface area contributed by atoms with Gasteiger partial charge in [0.1, 0.15) is 10.8 Å². The highest BCUT2D eigenvalue weighted by atomic mass is 32.1. The fraction of sp³-hybridized carbons (Fsp3) is 0.0714. The highest BCUT2D eigenvalue weighted by Crippen LogP contribution is 2.23. The number of rotatable bonds is 3. The molecule has 0 atom stereocenters. The molecule has 1 aromatic heterocycles. The molecule has 0 amide bonds. The predicted molar refractivity (Wildman–Crippen MR) is 73.3 cm³/mol. The van der Waals surface area contributed by atoms with Gasteiger partial charge in [0.2, 0.25) is 0 Å². The lowest BCUT2D eigenvalue weighted by atomic mass is 10.3. The van der Waals surface area contributed by atoms with Crippen molar-refractivity contribution in [1.82, 2.24) is 4.98 Å². The highest BCUT2D eigenvalue weighted by Gasteiger charge is 2.10. The Morgan fingerprint density at radius 1 is 1.00 bits per heavy atom. The van der Waals surface area contributed by atoms with Crippen LogP contribution in [-0.2, 0) is 6.54 Å². The zero-order valence-corrected chi connectivity index (χ0v) is 11.0. The quantitative estimate of drug-likeness (QED) is 0.727. The maximum absolute atomic E-state index is 13.5. The molecule has 2 nitrogen and oxygen atoms in total. The minimum atomic E-state index is -1.20. The van der Waals surface area contributed by atoms with Crippen LogP contribution in [0.15, 0.2) is 36.4 Å². The monoisotopic (exact) mass is 294 g/mol. The first-order valence-electron chi connectivity index (χ1n) is 5.86. The molecule has 0 aliphatic carbocycles. The van der Waals surface area contributed by atoms with Gasteiger partial charge in [-0.25, -0.2) is 18.2 Å². The van der Waals surface area contributed by atoms with E-state index in [0.29, 0.717) is 6.07 Å². The summed E-state index contributed by atoms with van der Waals surface area (Å²) in [6.07, 6.45) is 0. The van der Waals surface area contributed by atoms with Crippen LogP contribution < -0.4 is 5.32 Å². The normalized spacial score (nSPS) is 10.9. The molecule has 0 aliphatic rings. The zero-order valence-electron chi connectivity index (χ0n) is 10.2. The molecule has 20 heavy (non-hydrogen) atoms. The lowest BCUT2D eigenvalue weighted by Gasteiger charge is -2.06. The number of thiazole rings is 1. The Kier molecular flexibility index (Phi) is 3.31. The second kappa shape index (κ2) is 5.13. The number of halogens is 3. The van der Waals surface area contributed by atoms with Crippen molar-refractivity contribution in [3.05, 3.63) is 58.9 Å². The van der Waals surface area contributed by atoms with Crippen molar-refractivity contribution in [2.24, 2.45) is 0 Å². The molecule has 6 heteroatoms. The number of hydrogen-bond donors (Lipinski definition) is 1. The fourth-order valence-corrected chi connectivity index (χ4v) is 2.73. The minimum absolute atomic E-state index is 0.0804. The van der Waals surface area contributed by atoms with Crippen molar-refractivity contribution in [3.63, 3.8) is 0 Å². The first kappa shape index (κ1) is 12.9. The molecule has 102 valence electrons. The minimum Gasteiger partial charge on any atom is -0.376 e. The molecule has 0 radical (unpaired) electrons.